The summed E-state index contributed by atoms with van der Waals surface area (Å²) < 4.78 is 30.8. The van der Waals surface area contributed by atoms with Gasteiger partial charge >= 0.3 is 5.97 Å². The molecule has 1 heterocycles. The van der Waals surface area contributed by atoms with Gasteiger partial charge in [0.1, 0.15) is 12.1 Å². The standard InChI is InChI=1S/C11H10Cl2F2N2O3/c1-20-8(18)3-11(14,15)5-17-10(19)9-7(13)2-6(12)4-16-9/h2,4H,3,5H2,1H3,(H,17,19). The van der Waals surface area contributed by atoms with E-state index in [-0.39, 0.29) is 15.7 Å². The molecule has 0 saturated carbocycles. The topological polar surface area (TPSA) is 68.3 Å². The fraction of sp³-hybridized carbons (Fsp3) is 0.364. The van der Waals surface area contributed by atoms with Gasteiger partial charge in [0, 0.05) is 6.20 Å². The van der Waals surface area contributed by atoms with E-state index in [0.29, 0.717) is 0 Å². The highest BCUT2D eigenvalue weighted by atomic mass is 35.5. The average Bonchev–Trinajstić information content (AvgIpc) is 2.35. The molecule has 0 spiro atoms. The maximum absolute atomic E-state index is 13.3. The largest absolute Gasteiger partial charge is 0.469 e. The predicted molar refractivity (Wildman–Crippen MR) is 68.2 cm³/mol. The Morgan fingerprint density at radius 3 is 2.65 bits per heavy atom. The van der Waals surface area contributed by atoms with Crippen LogP contribution in [0.2, 0.25) is 10.0 Å². The first kappa shape index (κ1) is 16.6. The number of aromatic nitrogens is 1. The molecule has 20 heavy (non-hydrogen) atoms. The first-order valence-corrected chi connectivity index (χ1v) is 6.04. The number of ether oxygens (including phenoxy) is 1. The number of methoxy groups -OCH3 is 1. The molecule has 0 saturated heterocycles. The maximum atomic E-state index is 13.3. The third-order valence-corrected chi connectivity index (χ3v) is 2.66. The molecule has 1 N–H and O–H groups in total. The van der Waals surface area contributed by atoms with Gasteiger partial charge in [0.15, 0.2) is 0 Å². The molecule has 0 aliphatic rings. The van der Waals surface area contributed by atoms with E-state index in [9.17, 15) is 18.4 Å². The molecular weight excluding hydrogens is 317 g/mol. The fourth-order valence-corrected chi connectivity index (χ4v) is 1.69. The third-order valence-electron chi connectivity index (χ3n) is 2.16. The van der Waals surface area contributed by atoms with Crippen LogP contribution in [0.3, 0.4) is 0 Å². The van der Waals surface area contributed by atoms with Gasteiger partial charge in [-0.25, -0.2) is 13.8 Å². The van der Waals surface area contributed by atoms with Crippen molar-refractivity contribution in [3.63, 3.8) is 0 Å². The van der Waals surface area contributed by atoms with Crippen molar-refractivity contribution in [3.8, 4) is 0 Å². The molecule has 0 aromatic carbocycles. The van der Waals surface area contributed by atoms with Crippen LogP contribution in [0.5, 0.6) is 0 Å². The summed E-state index contributed by atoms with van der Waals surface area (Å²) in [5.74, 6) is -5.40. The van der Waals surface area contributed by atoms with Crippen LogP contribution >= 0.6 is 23.2 Å². The highest BCUT2D eigenvalue weighted by Crippen LogP contribution is 2.20. The lowest BCUT2D eigenvalue weighted by atomic mass is 10.2. The van der Waals surface area contributed by atoms with Gasteiger partial charge in [0.05, 0.1) is 23.7 Å². The van der Waals surface area contributed by atoms with Crippen LogP contribution in [0, 0.1) is 0 Å². The number of hydrogen-bond donors (Lipinski definition) is 1. The molecule has 1 amide bonds. The van der Waals surface area contributed by atoms with E-state index in [4.69, 9.17) is 23.2 Å². The average molecular weight is 327 g/mol. The lowest BCUT2D eigenvalue weighted by Gasteiger charge is -2.15. The summed E-state index contributed by atoms with van der Waals surface area (Å²) in [4.78, 5) is 26.0. The molecule has 0 radical (unpaired) electrons. The van der Waals surface area contributed by atoms with Crippen molar-refractivity contribution in [1.82, 2.24) is 10.3 Å². The van der Waals surface area contributed by atoms with Crippen molar-refractivity contribution in [2.75, 3.05) is 13.7 Å². The van der Waals surface area contributed by atoms with Gasteiger partial charge in [-0.05, 0) is 6.07 Å². The Bertz CT molecular complexity index is 526. The predicted octanol–water partition coefficient (Wildman–Crippen LogP) is 2.32. The van der Waals surface area contributed by atoms with Gasteiger partial charge in [-0.2, -0.15) is 0 Å². The summed E-state index contributed by atoms with van der Waals surface area (Å²) in [6.07, 6.45) is 0.0283. The summed E-state index contributed by atoms with van der Waals surface area (Å²) in [7, 11) is 0.994. The van der Waals surface area contributed by atoms with Crippen LogP contribution in [0.15, 0.2) is 12.3 Å². The molecule has 5 nitrogen and oxygen atoms in total. The highest BCUT2D eigenvalue weighted by Gasteiger charge is 2.33. The summed E-state index contributed by atoms with van der Waals surface area (Å²) in [6, 6.07) is 1.26. The van der Waals surface area contributed by atoms with Crippen LogP contribution in [0.1, 0.15) is 16.9 Å². The summed E-state index contributed by atoms with van der Waals surface area (Å²) in [6.45, 7) is -1.04. The van der Waals surface area contributed by atoms with Gasteiger partial charge in [0.2, 0.25) is 0 Å². The Labute approximate surface area is 123 Å². The van der Waals surface area contributed by atoms with E-state index in [1.54, 1.807) is 0 Å². The number of rotatable bonds is 5. The number of nitrogens with one attached hydrogen (secondary N) is 1. The van der Waals surface area contributed by atoms with Gasteiger partial charge < -0.3 is 10.1 Å². The van der Waals surface area contributed by atoms with Crippen LogP contribution in [-0.2, 0) is 9.53 Å². The second-order valence-corrected chi connectivity index (χ2v) is 4.62. The smallest absolute Gasteiger partial charge is 0.311 e. The van der Waals surface area contributed by atoms with Gasteiger partial charge in [-0.3, -0.25) is 9.59 Å². The number of esters is 1. The molecule has 110 valence electrons. The highest BCUT2D eigenvalue weighted by molar-refractivity contribution is 6.36. The summed E-state index contributed by atoms with van der Waals surface area (Å²) in [5, 5.41) is 2.09. The summed E-state index contributed by atoms with van der Waals surface area (Å²) >= 11 is 11.3. The lowest BCUT2D eigenvalue weighted by molar-refractivity contribution is -0.148. The number of amides is 1. The Kier molecular flexibility index (Phi) is 5.64. The number of pyridine rings is 1. The van der Waals surface area contributed by atoms with E-state index in [2.05, 4.69) is 9.72 Å². The van der Waals surface area contributed by atoms with E-state index < -0.39 is 30.8 Å². The molecule has 0 fully saturated rings. The minimum atomic E-state index is -3.43. The zero-order valence-corrected chi connectivity index (χ0v) is 11.8. The lowest BCUT2D eigenvalue weighted by Crippen LogP contribution is -2.38. The normalized spacial score (nSPS) is 11.1. The zero-order chi connectivity index (χ0) is 15.3. The molecule has 0 unspecified atom stereocenters. The maximum Gasteiger partial charge on any atom is 0.311 e. The van der Waals surface area contributed by atoms with Crippen LogP contribution < -0.4 is 5.32 Å². The second kappa shape index (κ2) is 6.81. The summed E-state index contributed by atoms with van der Waals surface area (Å²) in [5.41, 5.74) is -0.232. The number of carbonyl (C=O) groups excluding carboxylic acids is 2. The van der Waals surface area contributed by atoms with E-state index in [1.165, 1.54) is 6.07 Å². The molecule has 0 aliphatic carbocycles. The Balaban J connectivity index is 2.65. The molecule has 0 bridgehead atoms. The van der Waals surface area contributed by atoms with E-state index >= 15 is 0 Å². The van der Waals surface area contributed by atoms with Crippen LogP contribution in [0.4, 0.5) is 8.78 Å². The van der Waals surface area contributed by atoms with Gasteiger partial charge in [-0.1, -0.05) is 23.2 Å². The molecule has 9 heteroatoms. The molecule has 1 aromatic rings. The molecule has 1 aromatic heterocycles. The molecule has 1 rings (SSSR count). The van der Waals surface area contributed by atoms with Crippen molar-refractivity contribution in [2.45, 2.75) is 12.3 Å². The van der Waals surface area contributed by atoms with Gasteiger partial charge in [-0.15, -0.1) is 0 Å². The van der Waals surface area contributed by atoms with Crippen molar-refractivity contribution < 1.29 is 23.1 Å². The number of nitrogens with zero attached hydrogens (tertiary/aromatic N) is 1. The molecular formula is C11H10Cl2F2N2O3. The number of hydrogen-bond acceptors (Lipinski definition) is 4. The first-order chi connectivity index (χ1) is 9.25. The van der Waals surface area contributed by atoms with Crippen molar-refractivity contribution in [1.29, 1.82) is 0 Å². The first-order valence-electron chi connectivity index (χ1n) is 5.29. The Morgan fingerprint density at radius 2 is 2.10 bits per heavy atom. The quantitative estimate of drug-likeness (QED) is 0.843. The third kappa shape index (κ3) is 4.90. The second-order valence-electron chi connectivity index (χ2n) is 3.78. The fourth-order valence-electron chi connectivity index (χ4n) is 1.22. The molecule has 0 atom stereocenters. The van der Waals surface area contributed by atoms with Crippen molar-refractivity contribution >= 4 is 35.1 Å². The van der Waals surface area contributed by atoms with Crippen molar-refractivity contribution in [3.05, 3.63) is 28.0 Å². The number of alkyl halides is 2. The molecule has 0 aliphatic heterocycles. The van der Waals surface area contributed by atoms with E-state index in [1.807, 2.05) is 5.32 Å². The Hall–Kier alpha value is -1.47. The van der Waals surface area contributed by atoms with Crippen LogP contribution in [0.25, 0.3) is 0 Å². The van der Waals surface area contributed by atoms with Crippen molar-refractivity contribution in [2.24, 2.45) is 0 Å². The number of halogens is 4. The minimum absolute atomic E-state index is 0.0636. The minimum Gasteiger partial charge on any atom is -0.469 e. The van der Waals surface area contributed by atoms with Crippen LogP contribution in [-0.4, -0.2) is 36.4 Å². The van der Waals surface area contributed by atoms with Gasteiger partial charge in [0.25, 0.3) is 11.8 Å². The number of carbonyl (C=O) groups is 2. The monoisotopic (exact) mass is 326 g/mol. The zero-order valence-electron chi connectivity index (χ0n) is 10.3. The van der Waals surface area contributed by atoms with E-state index in [0.717, 1.165) is 13.3 Å². The SMILES string of the molecule is COC(=O)CC(F)(F)CNC(=O)c1ncc(Cl)cc1Cl. The Morgan fingerprint density at radius 1 is 1.45 bits per heavy atom.